The fourth-order valence-corrected chi connectivity index (χ4v) is 3.93. The van der Waals surface area contributed by atoms with Crippen molar-refractivity contribution in [3.63, 3.8) is 0 Å². The number of hydrogen-bond donors (Lipinski definition) is 0. The molecule has 4 heteroatoms. The number of carbonyl (C=O) groups excluding carboxylic acids is 1. The molecule has 0 heterocycles. The highest BCUT2D eigenvalue weighted by molar-refractivity contribution is 5.72. The van der Waals surface area contributed by atoms with E-state index in [9.17, 15) is 4.79 Å². The molecule has 0 unspecified atom stereocenters. The monoisotopic (exact) mass is 354 g/mol. The van der Waals surface area contributed by atoms with Crippen LogP contribution >= 0.6 is 0 Å². The molecule has 25 heavy (non-hydrogen) atoms. The fraction of sp³-hybridized carbons (Fsp3) is 0.952. The van der Waals surface area contributed by atoms with Gasteiger partial charge in [0.25, 0.3) is 0 Å². The molecule has 0 amide bonds. The van der Waals surface area contributed by atoms with Crippen LogP contribution in [0.1, 0.15) is 90.9 Å². The van der Waals surface area contributed by atoms with Crippen molar-refractivity contribution in [3.05, 3.63) is 0 Å². The van der Waals surface area contributed by atoms with Crippen LogP contribution in [0.2, 0.25) is 0 Å². The highest BCUT2D eigenvalue weighted by Crippen LogP contribution is 2.30. The van der Waals surface area contributed by atoms with Gasteiger partial charge in [-0.3, -0.25) is 4.79 Å². The molecule has 0 aliphatic heterocycles. The van der Waals surface area contributed by atoms with Crippen molar-refractivity contribution < 1.29 is 19.0 Å². The SMILES string of the molecule is CCCCCOC1CCC(OC(=O)C2CCC(OCCC)CC2)CC1. The van der Waals surface area contributed by atoms with E-state index in [0.717, 1.165) is 77.4 Å². The summed E-state index contributed by atoms with van der Waals surface area (Å²) in [5.74, 6) is 0.116. The van der Waals surface area contributed by atoms with Gasteiger partial charge in [0.2, 0.25) is 0 Å². The third-order valence-electron chi connectivity index (χ3n) is 5.57. The second-order valence-corrected chi connectivity index (χ2v) is 7.76. The van der Waals surface area contributed by atoms with Gasteiger partial charge in [0.15, 0.2) is 0 Å². The number of carbonyl (C=O) groups is 1. The maximum Gasteiger partial charge on any atom is 0.309 e. The fourth-order valence-electron chi connectivity index (χ4n) is 3.93. The minimum absolute atomic E-state index is 0.0289. The Labute approximate surface area is 154 Å². The molecular weight excluding hydrogens is 316 g/mol. The average molecular weight is 355 g/mol. The van der Waals surface area contributed by atoms with Gasteiger partial charge in [-0.15, -0.1) is 0 Å². The Morgan fingerprint density at radius 3 is 1.88 bits per heavy atom. The first kappa shape index (κ1) is 20.7. The maximum absolute atomic E-state index is 12.4. The van der Waals surface area contributed by atoms with Gasteiger partial charge < -0.3 is 14.2 Å². The normalized spacial score (nSPS) is 30.2. The van der Waals surface area contributed by atoms with E-state index < -0.39 is 0 Å². The standard InChI is InChI=1S/C21H38O4/c1-3-5-6-16-24-19-11-13-20(14-12-19)25-21(22)17-7-9-18(10-8-17)23-15-4-2/h17-20H,3-16H2,1-2H3. The predicted octanol–water partition coefficient (Wildman–Crippen LogP) is 5.03. The minimum Gasteiger partial charge on any atom is -0.462 e. The van der Waals surface area contributed by atoms with Crippen molar-refractivity contribution in [3.8, 4) is 0 Å². The van der Waals surface area contributed by atoms with Gasteiger partial charge in [0.1, 0.15) is 6.10 Å². The first-order chi connectivity index (χ1) is 12.2. The summed E-state index contributed by atoms with van der Waals surface area (Å²) in [5.41, 5.74) is 0. The maximum atomic E-state index is 12.4. The van der Waals surface area contributed by atoms with Crippen molar-refractivity contribution in [2.75, 3.05) is 13.2 Å². The largest absolute Gasteiger partial charge is 0.462 e. The molecule has 2 rings (SSSR count). The summed E-state index contributed by atoms with van der Waals surface area (Å²) in [5, 5.41) is 0. The Kier molecular flexibility index (Phi) is 9.85. The molecule has 0 N–H and O–H groups in total. The van der Waals surface area contributed by atoms with E-state index in [2.05, 4.69) is 13.8 Å². The van der Waals surface area contributed by atoms with E-state index in [-0.39, 0.29) is 18.0 Å². The van der Waals surface area contributed by atoms with E-state index in [4.69, 9.17) is 14.2 Å². The van der Waals surface area contributed by atoms with Gasteiger partial charge in [-0.1, -0.05) is 26.7 Å². The summed E-state index contributed by atoms with van der Waals surface area (Å²) in [7, 11) is 0. The molecule has 2 saturated carbocycles. The number of ether oxygens (including phenoxy) is 3. The van der Waals surface area contributed by atoms with E-state index in [1.54, 1.807) is 0 Å². The highest BCUT2D eigenvalue weighted by Gasteiger charge is 2.31. The van der Waals surface area contributed by atoms with E-state index in [1.807, 2.05) is 0 Å². The van der Waals surface area contributed by atoms with Crippen LogP contribution in [0.3, 0.4) is 0 Å². The molecule has 4 nitrogen and oxygen atoms in total. The topological polar surface area (TPSA) is 44.8 Å². The summed E-state index contributed by atoms with van der Waals surface area (Å²) < 4.78 is 17.6. The van der Waals surface area contributed by atoms with Gasteiger partial charge in [-0.05, 0) is 64.2 Å². The summed E-state index contributed by atoms with van der Waals surface area (Å²) in [6, 6.07) is 0. The van der Waals surface area contributed by atoms with Gasteiger partial charge in [-0.2, -0.15) is 0 Å². The third-order valence-corrected chi connectivity index (χ3v) is 5.57. The van der Waals surface area contributed by atoms with Crippen molar-refractivity contribution in [1.82, 2.24) is 0 Å². The number of unbranched alkanes of at least 4 members (excludes halogenated alkanes) is 2. The Balaban J connectivity index is 1.58. The Bertz CT molecular complexity index is 355. The summed E-state index contributed by atoms with van der Waals surface area (Å²) in [6.45, 7) is 6.06. The van der Waals surface area contributed by atoms with Crippen LogP contribution in [0.4, 0.5) is 0 Å². The average Bonchev–Trinajstić information content (AvgIpc) is 2.65. The van der Waals surface area contributed by atoms with E-state index in [0.29, 0.717) is 12.2 Å². The van der Waals surface area contributed by atoms with Crippen LogP contribution in [0.15, 0.2) is 0 Å². The minimum atomic E-state index is 0.0289. The lowest BCUT2D eigenvalue weighted by atomic mass is 9.87. The molecule has 0 aromatic carbocycles. The zero-order valence-corrected chi connectivity index (χ0v) is 16.3. The second-order valence-electron chi connectivity index (χ2n) is 7.76. The van der Waals surface area contributed by atoms with Crippen LogP contribution in [0, 0.1) is 5.92 Å². The van der Waals surface area contributed by atoms with Gasteiger partial charge in [-0.25, -0.2) is 0 Å². The molecule has 146 valence electrons. The van der Waals surface area contributed by atoms with Crippen LogP contribution < -0.4 is 0 Å². The lowest BCUT2D eigenvalue weighted by Crippen LogP contribution is -2.33. The molecule has 0 aromatic rings. The smallest absolute Gasteiger partial charge is 0.309 e. The molecule has 0 bridgehead atoms. The Morgan fingerprint density at radius 2 is 1.28 bits per heavy atom. The van der Waals surface area contributed by atoms with Gasteiger partial charge in [0, 0.05) is 13.2 Å². The van der Waals surface area contributed by atoms with Gasteiger partial charge >= 0.3 is 5.97 Å². The molecule has 0 atom stereocenters. The third kappa shape index (κ3) is 7.65. The van der Waals surface area contributed by atoms with E-state index >= 15 is 0 Å². The lowest BCUT2D eigenvalue weighted by molar-refractivity contribution is -0.159. The first-order valence-corrected chi connectivity index (χ1v) is 10.7. The molecule has 0 aromatic heterocycles. The number of rotatable bonds is 10. The van der Waals surface area contributed by atoms with E-state index in [1.165, 1.54) is 12.8 Å². The van der Waals surface area contributed by atoms with Crippen molar-refractivity contribution in [2.45, 2.75) is 109 Å². The molecule has 2 aliphatic rings. The number of hydrogen-bond acceptors (Lipinski definition) is 4. The van der Waals surface area contributed by atoms with Crippen LogP contribution in [0.5, 0.6) is 0 Å². The molecular formula is C21H38O4. The van der Waals surface area contributed by atoms with Crippen molar-refractivity contribution >= 4 is 5.97 Å². The Hall–Kier alpha value is -0.610. The summed E-state index contributed by atoms with van der Waals surface area (Å²) in [4.78, 5) is 12.4. The molecule has 0 radical (unpaired) electrons. The quantitative estimate of drug-likeness (QED) is 0.407. The predicted molar refractivity (Wildman–Crippen MR) is 99.6 cm³/mol. The van der Waals surface area contributed by atoms with Crippen molar-refractivity contribution in [1.29, 1.82) is 0 Å². The molecule has 2 fully saturated rings. The molecule has 0 spiro atoms. The zero-order valence-electron chi connectivity index (χ0n) is 16.3. The van der Waals surface area contributed by atoms with Crippen molar-refractivity contribution in [2.24, 2.45) is 5.92 Å². The van der Waals surface area contributed by atoms with Crippen LogP contribution in [-0.4, -0.2) is 37.5 Å². The van der Waals surface area contributed by atoms with Gasteiger partial charge in [0.05, 0.1) is 18.1 Å². The summed E-state index contributed by atoms with van der Waals surface area (Å²) >= 11 is 0. The Morgan fingerprint density at radius 1 is 0.720 bits per heavy atom. The highest BCUT2D eigenvalue weighted by atomic mass is 16.5. The lowest BCUT2D eigenvalue weighted by Gasteiger charge is -2.31. The molecule has 0 saturated heterocycles. The number of esters is 1. The zero-order chi connectivity index (χ0) is 17.9. The summed E-state index contributed by atoms with van der Waals surface area (Å²) in [6.07, 6.45) is 13.4. The van der Waals surface area contributed by atoms with Crippen LogP contribution in [-0.2, 0) is 19.0 Å². The first-order valence-electron chi connectivity index (χ1n) is 10.7. The second kappa shape index (κ2) is 11.9. The van der Waals surface area contributed by atoms with Crippen LogP contribution in [0.25, 0.3) is 0 Å². The molecule has 2 aliphatic carbocycles.